The van der Waals surface area contributed by atoms with Crippen molar-refractivity contribution < 1.29 is 20.1 Å². The zero-order valence-corrected chi connectivity index (χ0v) is 10.3. The molecule has 0 spiro atoms. The monoisotopic (exact) mass is 286 g/mol. The van der Waals surface area contributed by atoms with E-state index in [1.165, 1.54) is 17.2 Å². The summed E-state index contributed by atoms with van der Waals surface area (Å²) >= 11 is 5.88. The summed E-state index contributed by atoms with van der Waals surface area (Å²) in [7, 11) is 0. The first-order valence-corrected chi connectivity index (χ1v) is 5.96. The van der Waals surface area contributed by atoms with Gasteiger partial charge in [-0.3, -0.25) is 4.57 Å². The van der Waals surface area contributed by atoms with Crippen LogP contribution in [0.1, 0.15) is 6.23 Å². The van der Waals surface area contributed by atoms with E-state index in [9.17, 15) is 10.2 Å². The van der Waals surface area contributed by atoms with Gasteiger partial charge in [0.05, 0.1) is 12.9 Å². The summed E-state index contributed by atoms with van der Waals surface area (Å²) < 4.78 is 6.85. The number of rotatable bonds is 2. The number of ether oxygens (including phenoxy) is 1. The predicted molar refractivity (Wildman–Crippen MR) is 63.3 cm³/mol. The number of hydrogen-bond donors (Lipinski definition) is 3. The van der Waals surface area contributed by atoms with Gasteiger partial charge in [-0.25, -0.2) is 15.0 Å². The summed E-state index contributed by atoms with van der Waals surface area (Å²) in [4.78, 5) is 11.9. The van der Waals surface area contributed by atoms with Crippen LogP contribution in [0, 0.1) is 0 Å². The number of halogens is 1. The number of aromatic nitrogens is 4. The van der Waals surface area contributed by atoms with Gasteiger partial charge in [-0.2, -0.15) is 0 Å². The lowest BCUT2D eigenvalue weighted by Crippen LogP contribution is -2.33. The molecule has 2 aromatic rings. The fourth-order valence-electron chi connectivity index (χ4n) is 2.12. The van der Waals surface area contributed by atoms with Crippen LogP contribution < -0.4 is 0 Å². The third-order valence-corrected chi connectivity index (χ3v) is 3.38. The number of imidazole rings is 1. The van der Waals surface area contributed by atoms with Gasteiger partial charge in [-0.15, -0.1) is 0 Å². The number of fused-ring (bicyclic) bond motifs is 1. The molecule has 1 aliphatic heterocycles. The minimum Gasteiger partial charge on any atom is -0.394 e. The maximum atomic E-state index is 9.95. The average Bonchev–Trinajstić information content (AvgIpc) is 2.94. The van der Waals surface area contributed by atoms with Crippen LogP contribution in [0.25, 0.3) is 11.2 Å². The SMILES string of the molecule is OC[C@H]1OC(n2cnc3c(Cl)ncnc32)[C@H](O)[C@H]1O. The Balaban J connectivity index is 2.04. The van der Waals surface area contributed by atoms with E-state index in [1.54, 1.807) is 0 Å². The summed E-state index contributed by atoms with van der Waals surface area (Å²) in [5.41, 5.74) is 0.761. The predicted octanol–water partition coefficient (Wildman–Crippen LogP) is -0.909. The molecule has 1 unspecified atom stereocenters. The second-order valence-corrected chi connectivity index (χ2v) is 4.58. The molecule has 0 saturated carbocycles. The molecule has 3 rings (SSSR count). The lowest BCUT2D eigenvalue weighted by Gasteiger charge is -2.16. The average molecular weight is 287 g/mol. The first-order valence-electron chi connectivity index (χ1n) is 5.59. The molecule has 0 radical (unpaired) electrons. The molecule has 0 aliphatic carbocycles. The molecule has 3 heterocycles. The molecule has 9 heteroatoms. The molecule has 4 atom stereocenters. The van der Waals surface area contributed by atoms with E-state index in [1.807, 2.05) is 0 Å². The highest BCUT2D eigenvalue weighted by Crippen LogP contribution is 2.31. The van der Waals surface area contributed by atoms with Crippen LogP contribution in [0.15, 0.2) is 12.7 Å². The van der Waals surface area contributed by atoms with E-state index in [0.717, 1.165) is 0 Å². The molecule has 19 heavy (non-hydrogen) atoms. The van der Waals surface area contributed by atoms with Crippen LogP contribution in [0.2, 0.25) is 5.15 Å². The smallest absolute Gasteiger partial charge is 0.167 e. The van der Waals surface area contributed by atoms with Crippen molar-refractivity contribution in [3.8, 4) is 0 Å². The van der Waals surface area contributed by atoms with Crippen molar-refractivity contribution in [3.05, 3.63) is 17.8 Å². The lowest BCUT2D eigenvalue weighted by atomic mass is 10.1. The van der Waals surface area contributed by atoms with Gasteiger partial charge in [0, 0.05) is 0 Å². The molecule has 0 aromatic carbocycles. The van der Waals surface area contributed by atoms with Gasteiger partial charge in [0.15, 0.2) is 17.0 Å². The van der Waals surface area contributed by atoms with Crippen LogP contribution in [-0.2, 0) is 4.74 Å². The molecule has 8 nitrogen and oxygen atoms in total. The molecule has 1 aliphatic rings. The van der Waals surface area contributed by atoms with Crippen molar-refractivity contribution in [2.45, 2.75) is 24.5 Å². The largest absolute Gasteiger partial charge is 0.394 e. The third-order valence-electron chi connectivity index (χ3n) is 3.11. The Hall–Kier alpha value is -1.32. The van der Waals surface area contributed by atoms with Crippen molar-refractivity contribution in [2.24, 2.45) is 0 Å². The Morgan fingerprint density at radius 1 is 1.26 bits per heavy atom. The highest BCUT2D eigenvalue weighted by molar-refractivity contribution is 6.33. The fraction of sp³-hybridized carbons (Fsp3) is 0.500. The summed E-state index contributed by atoms with van der Waals surface area (Å²) in [6, 6.07) is 0. The first kappa shape index (κ1) is 12.7. The lowest BCUT2D eigenvalue weighted by molar-refractivity contribution is -0.0511. The normalized spacial score (nSPS) is 31.2. The van der Waals surface area contributed by atoms with Crippen molar-refractivity contribution in [3.63, 3.8) is 0 Å². The third kappa shape index (κ3) is 1.88. The molecule has 1 saturated heterocycles. The van der Waals surface area contributed by atoms with Crippen molar-refractivity contribution in [1.29, 1.82) is 0 Å². The second-order valence-electron chi connectivity index (χ2n) is 4.22. The number of hydrogen-bond acceptors (Lipinski definition) is 7. The van der Waals surface area contributed by atoms with Gasteiger partial charge >= 0.3 is 0 Å². The van der Waals surface area contributed by atoms with Crippen LogP contribution in [0.5, 0.6) is 0 Å². The summed E-state index contributed by atoms with van der Waals surface area (Å²) in [6.07, 6.45) is -1.44. The van der Waals surface area contributed by atoms with E-state index in [-0.39, 0.29) is 5.15 Å². The van der Waals surface area contributed by atoms with Crippen LogP contribution >= 0.6 is 11.6 Å². The number of aliphatic hydroxyl groups is 3. The molecule has 0 amide bonds. The van der Waals surface area contributed by atoms with Gasteiger partial charge in [0.2, 0.25) is 0 Å². The molecular formula is C10H11ClN4O4. The van der Waals surface area contributed by atoms with Gasteiger partial charge in [0.1, 0.15) is 30.2 Å². The Bertz CT molecular complexity index is 606. The van der Waals surface area contributed by atoms with Gasteiger partial charge in [-0.1, -0.05) is 11.6 Å². The highest BCUT2D eigenvalue weighted by Gasteiger charge is 2.43. The number of nitrogens with zero attached hydrogens (tertiary/aromatic N) is 4. The molecule has 2 aromatic heterocycles. The summed E-state index contributed by atoms with van der Waals surface area (Å²) in [6.45, 7) is -0.392. The van der Waals surface area contributed by atoms with E-state index >= 15 is 0 Å². The van der Waals surface area contributed by atoms with Crippen molar-refractivity contribution >= 4 is 22.8 Å². The topological polar surface area (TPSA) is 114 Å². The molecular weight excluding hydrogens is 276 g/mol. The standard InChI is InChI=1S/C10H11ClN4O4/c11-8-5-9(13-2-12-8)15(3-14-5)10-7(18)6(17)4(1-16)19-10/h2-4,6-7,10,16-18H,1H2/t4-,6+,7-,10?/m1/s1. The second kappa shape index (κ2) is 4.66. The summed E-state index contributed by atoms with van der Waals surface area (Å²) in [5, 5.41) is 28.9. The molecule has 102 valence electrons. The fourth-order valence-corrected chi connectivity index (χ4v) is 2.30. The maximum absolute atomic E-state index is 9.95. The van der Waals surface area contributed by atoms with Crippen molar-refractivity contribution in [2.75, 3.05) is 6.61 Å². The zero-order valence-electron chi connectivity index (χ0n) is 9.59. The van der Waals surface area contributed by atoms with E-state index in [4.69, 9.17) is 21.4 Å². The van der Waals surface area contributed by atoms with Crippen LogP contribution in [0.3, 0.4) is 0 Å². The minimum absolute atomic E-state index is 0.190. The Labute approximate surface area is 112 Å². The van der Waals surface area contributed by atoms with E-state index < -0.39 is 31.1 Å². The van der Waals surface area contributed by atoms with E-state index in [2.05, 4.69) is 15.0 Å². The van der Waals surface area contributed by atoms with Crippen LogP contribution in [-0.4, -0.2) is 59.8 Å². The van der Waals surface area contributed by atoms with E-state index in [0.29, 0.717) is 11.2 Å². The minimum atomic E-state index is -1.19. The molecule has 1 fully saturated rings. The van der Waals surface area contributed by atoms with Crippen LogP contribution in [0.4, 0.5) is 0 Å². The number of aliphatic hydroxyl groups excluding tert-OH is 3. The quantitative estimate of drug-likeness (QED) is 0.613. The maximum Gasteiger partial charge on any atom is 0.167 e. The Morgan fingerprint density at radius 3 is 2.74 bits per heavy atom. The van der Waals surface area contributed by atoms with Gasteiger partial charge in [0.25, 0.3) is 0 Å². The van der Waals surface area contributed by atoms with Gasteiger partial charge < -0.3 is 20.1 Å². The highest BCUT2D eigenvalue weighted by atomic mass is 35.5. The van der Waals surface area contributed by atoms with Crippen molar-refractivity contribution in [1.82, 2.24) is 19.5 Å². The molecule has 3 N–H and O–H groups in total. The molecule has 0 bridgehead atoms. The zero-order chi connectivity index (χ0) is 13.6. The van der Waals surface area contributed by atoms with Gasteiger partial charge in [-0.05, 0) is 0 Å². The summed E-state index contributed by atoms with van der Waals surface area (Å²) in [5.74, 6) is 0. The Morgan fingerprint density at radius 2 is 2.05 bits per heavy atom. The first-order chi connectivity index (χ1) is 9.13. The Kier molecular flexibility index (Phi) is 3.11.